The summed E-state index contributed by atoms with van der Waals surface area (Å²) in [4.78, 5) is 0. The van der Waals surface area contributed by atoms with E-state index in [1.807, 2.05) is 11.1 Å². The van der Waals surface area contributed by atoms with E-state index < -0.39 is 0 Å². The minimum absolute atomic E-state index is 0.519. The second-order valence-corrected chi connectivity index (χ2v) is 6.74. The third-order valence-electron chi connectivity index (χ3n) is 6.01. The van der Waals surface area contributed by atoms with Crippen molar-refractivity contribution in [1.29, 1.82) is 0 Å². The predicted molar refractivity (Wildman–Crippen MR) is 68.2 cm³/mol. The first-order valence-electron chi connectivity index (χ1n) is 7.15. The summed E-state index contributed by atoms with van der Waals surface area (Å²) in [5, 5.41) is 0. The summed E-state index contributed by atoms with van der Waals surface area (Å²) in [6.45, 7) is 7.79. The zero-order chi connectivity index (χ0) is 11.4. The second-order valence-electron chi connectivity index (χ2n) is 6.74. The van der Waals surface area contributed by atoms with Gasteiger partial charge in [-0.25, -0.2) is 0 Å². The SMILES string of the molecule is CC[C@@H]1C[C@@]2(C)C3=C(CCC3)CC[N+]2(C)C1. The van der Waals surface area contributed by atoms with Crippen LogP contribution in [-0.2, 0) is 0 Å². The van der Waals surface area contributed by atoms with Gasteiger partial charge in [-0.2, -0.15) is 0 Å². The normalized spacial score (nSPS) is 47.1. The summed E-state index contributed by atoms with van der Waals surface area (Å²) in [6, 6.07) is 0. The summed E-state index contributed by atoms with van der Waals surface area (Å²) in [7, 11) is 2.53. The van der Waals surface area contributed by atoms with Gasteiger partial charge in [0.1, 0.15) is 5.54 Å². The maximum Gasteiger partial charge on any atom is 0.118 e. The Morgan fingerprint density at radius 3 is 2.88 bits per heavy atom. The Hall–Kier alpha value is -0.300. The Kier molecular flexibility index (Phi) is 2.27. The van der Waals surface area contributed by atoms with E-state index in [1.54, 1.807) is 0 Å². The standard InChI is InChI=1S/C15H26N/c1-4-12-10-15(2)14-7-5-6-13(14)8-9-16(15,3)11-12/h12H,4-11H2,1-3H3/q+1/t12-,15+,16?/m1/s1. The molecule has 90 valence electrons. The Balaban J connectivity index is 2.02. The summed E-state index contributed by atoms with van der Waals surface area (Å²) in [5.41, 5.74) is 4.26. The van der Waals surface area contributed by atoms with Gasteiger partial charge in [0.25, 0.3) is 0 Å². The molecule has 0 N–H and O–H groups in total. The van der Waals surface area contributed by atoms with Gasteiger partial charge in [0.2, 0.25) is 0 Å². The lowest BCUT2D eigenvalue weighted by Crippen LogP contribution is -2.59. The molecule has 0 spiro atoms. The summed E-state index contributed by atoms with van der Waals surface area (Å²) in [5.74, 6) is 0.974. The molecule has 0 aromatic heterocycles. The molecule has 0 amide bonds. The maximum atomic E-state index is 2.57. The minimum Gasteiger partial charge on any atom is -0.317 e. The number of fused-ring (bicyclic) bond motifs is 2. The molecule has 0 radical (unpaired) electrons. The third kappa shape index (κ3) is 1.21. The van der Waals surface area contributed by atoms with Crippen molar-refractivity contribution in [3.8, 4) is 0 Å². The Morgan fingerprint density at radius 1 is 1.31 bits per heavy atom. The van der Waals surface area contributed by atoms with Gasteiger partial charge in [-0.05, 0) is 38.2 Å². The number of likely N-dealkylation sites (N-methyl/N-ethyl adjacent to an activating group) is 1. The molecular weight excluding hydrogens is 194 g/mol. The van der Waals surface area contributed by atoms with Gasteiger partial charge in [0.05, 0.1) is 20.1 Å². The van der Waals surface area contributed by atoms with Crippen LogP contribution in [0.2, 0.25) is 0 Å². The molecule has 2 aliphatic heterocycles. The van der Waals surface area contributed by atoms with E-state index in [2.05, 4.69) is 20.9 Å². The summed E-state index contributed by atoms with van der Waals surface area (Å²) >= 11 is 0. The molecule has 0 saturated carbocycles. The lowest BCUT2D eigenvalue weighted by atomic mass is 9.79. The van der Waals surface area contributed by atoms with Gasteiger partial charge in [-0.1, -0.05) is 12.5 Å². The van der Waals surface area contributed by atoms with Gasteiger partial charge in [0, 0.05) is 18.8 Å². The molecule has 1 saturated heterocycles. The zero-order valence-electron chi connectivity index (χ0n) is 11.2. The Bertz CT molecular complexity index is 343. The quantitative estimate of drug-likeness (QED) is 0.468. The van der Waals surface area contributed by atoms with E-state index in [-0.39, 0.29) is 0 Å². The summed E-state index contributed by atoms with van der Waals surface area (Å²) < 4.78 is 1.35. The third-order valence-corrected chi connectivity index (χ3v) is 6.01. The van der Waals surface area contributed by atoms with Crippen molar-refractivity contribution in [2.24, 2.45) is 5.92 Å². The van der Waals surface area contributed by atoms with Crippen LogP contribution in [0, 0.1) is 5.92 Å². The highest BCUT2D eigenvalue weighted by Crippen LogP contribution is 2.52. The van der Waals surface area contributed by atoms with Crippen LogP contribution in [0.15, 0.2) is 11.1 Å². The Labute approximate surface area is 100 Å². The minimum atomic E-state index is 0.519. The van der Waals surface area contributed by atoms with Crippen molar-refractivity contribution in [1.82, 2.24) is 0 Å². The molecule has 1 aliphatic carbocycles. The molecule has 1 fully saturated rings. The van der Waals surface area contributed by atoms with Gasteiger partial charge >= 0.3 is 0 Å². The molecule has 0 bridgehead atoms. The van der Waals surface area contributed by atoms with Crippen molar-refractivity contribution in [3.05, 3.63) is 11.1 Å². The molecule has 0 aromatic rings. The van der Waals surface area contributed by atoms with Gasteiger partial charge in [-0.3, -0.25) is 0 Å². The van der Waals surface area contributed by atoms with Crippen LogP contribution in [-0.4, -0.2) is 30.2 Å². The van der Waals surface area contributed by atoms with Gasteiger partial charge < -0.3 is 4.48 Å². The Morgan fingerprint density at radius 2 is 2.12 bits per heavy atom. The predicted octanol–water partition coefficient (Wildman–Crippen LogP) is 3.51. The number of hydrogen-bond donors (Lipinski definition) is 0. The van der Waals surface area contributed by atoms with Gasteiger partial charge in [0.15, 0.2) is 0 Å². The van der Waals surface area contributed by atoms with Gasteiger partial charge in [-0.15, -0.1) is 0 Å². The first kappa shape index (κ1) is 10.8. The molecule has 1 nitrogen and oxygen atoms in total. The van der Waals surface area contributed by atoms with E-state index in [1.165, 1.54) is 56.1 Å². The van der Waals surface area contributed by atoms with Crippen molar-refractivity contribution < 1.29 is 4.48 Å². The van der Waals surface area contributed by atoms with Crippen LogP contribution in [0.4, 0.5) is 0 Å². The second kappa shape index (κ2) is 3.35. The van der Waals surface area contributed by atoms with Crippen LogP contribution in [0.3, 0.4) is 0 Å². The highest BCUT2D eigenvalue weighted by atomic mass is 15.4. The molecule has 16 heavy (non-hydrogen) atoms. The maximum absolute atomic E-state index is 2.57. The fourth-order valence-electron chi connectivity index (χ4n) is 4.79. The summed E-state index contributed by atoms with van der Waals surface area (Å²) in [6.07, 6.45) is 8.51. The smallest absolute Gasteiger partial charge is 0.118 e. The van der Waals surface area contributed by atoms with E-state index in [9.17, 15) is 0 Å². The fraction of sp³-hybridized carbons (Fsp3) is 0.867. The molecule has 0 aromatic carbocycles. The monoisotopic (exact) mass is 220 g/mol. The highest BCUT2D eigenvalue weighted by Gasteiger charge is 2.57. The van der Waals surface area contributed by atoms with Crippen LogP contribution in [0.5, 0.6) is 0 Å². The molecule has 2 heterocycles. The number of quaternary nitrogens is 1. The molecule has 1 unspecified atom stereocenters. The number of hydrogen-bond acceptors (Lipinski definition) is 0. The highest BCUT2D eigenvalue weighted by molar-refractivity contribution is 5.31. The van der Waals surface area contributed by atoms with E-state index in [0.717, 1.165) is 5.92 Å². The fourth-order valence-corrected chi connectivity index (χ4v) is 4.79. The van der Waals surface area contributed by atoms with Crippen LogP contribution < -0.4 is 0 Å². The lowest BCUT2D eigenvalue weighted by Gasteiger charge is -2.48. The van der Waals surface area contributed by atoms with Crippen molar-refractivity contribution >= 4 is 0 Å². The molecular formula is C15H26N+. The van der Waals surface area contributed by atoms with Crippen molar-refractivity contribution in [3.63, 3.8) is 0 Å². The van der Waals surface area contributed by atoms with Crippen LogP contribution in [0.25, 0.3) is 0 Å². The number of rotatable bonds is 1. The first-order chi connectivity index (χ1) is 7.59. The first-order valence-corrected chi connectivity index (χ1v) is 7.15. The van der Waals surface area contributed by atoms with Crippen molar-refractivity contribution in [2.45, 2.75) is 57.9 Å². The lowest BCUT2D eigenvalue weighted by molar-refractivity contribution is -0.941. The molecule has 3 atom stereocenters. The molecule has 3 rings (SSSR count). The molecule has 1 heteroatoms. The van der Waals surface area contributed by atoms with E-state index in [0.29, 0.717) is 5.54 Å². The van der Waals surface area contributed by atoms with E-state index >= 15 is 0 Å². The largest absolute Gasteiger partial charge is 0.317 e. The zero-order valence-corrected chi connectivity index (χ0v) is 11.2. The number of nitrogens with zero attached hydrogens (tertiary/aromatic N) is 1. The van der Waals surface area contributed by atoms with E-state index in [4.69, 9.17) is 0 Å². The van der Waals surface area contributed by atoms with Crippen LogP contribution >= 0.6 is 0 Å². The van der Waals surface area contributed by atoms with Crippen LogP contribution in [0.1, 0.15) is 52.4 Å². The molecule has 3 aliphatic rings. The van der Waals surface area contributed by atoms with Crippen molar-refractivity contribution in [2.75, 3.05) is 20.1 Å². The topological polar surface area (TPSA) is 0 Å². The average molecular weight is 220 g/mol. The average Bonchev–Trinajstić information content (AvgIpc) is 2.81.